The maximum Gasteiger partial charge on any atom is 0.310 e. The molecule has 0 aliphatic rings. The van der Waals surface area contributed by atoms with E-state index in [9.17, 15) is 19.2 Å². The Balaban J connectivity index is -0.00000433. The quantitative estimate of drug-likeness (QED) is 0.0308. The Labute approximate surface area is 355 Å². The molecule has 0 unspecified atom stereocenters. The summed E-state index contributed by atoms with van der Waals surface area (Å²) in [4.78, 5) is 45.9. The van der Waals surface area contributed by atoms with Crippen molar-refractivity contribution in [1.82, 2.24) is 0 Å². The molecule has 0 aromatic rings. The summed E-state index contributed by atoms with van der Waals surface area (Å²) in [7, 11) is 8.31. The minimum absolute atomic E-state index is 0. The van der Waals surface area contributed by atoms with E-state index >= 15 is 0 Å². The molecule has 0 radical (unpaired) electrons. The van der Waals surface area contributed by atoms with Crippen LogP contribution in [-0.4, -0.2) is 107 Å². The number of unbranched alkanes of at least 4 members (excludes halogenated alkanes) is 21. The van der Waals surface area contributed by atoms with Gasteiger partial charge in [0.1, 0.15) is 26.3 Å². The average Bonchev–Trinajstić information content (AvgIpc) is 3.07. The fraction of sp³-hybridized carbons (Fsp3) is 0.905. The predicted molar refractivity (Wildman–Crippen MR) is 217 cm³/mol. The number of hydrogen-bond donors (Lipinski definition) is 0. The maximum atomic E-state index is 12.0. The molecule has 0 aromatic heterocycles. The molecule has 13 heteroatoms. The second kappa shape index (κ2) is 40.9. The smallest absolute Gasteiger partial charge is 0.310 e. The van der Waals surface area contributed by atoms with Gasteiger partial charge >= 0.3 is 23.9 Å². The van der Waals surface area contributed by atoms with E-state index in [4.69, 9.17) is 18.9 Å². The molecule has 0 amide bonds. The Kier molecular flexibility index (Phi) is 44.8. The third-order valence-corrected chi connectivity index (χ3v) is 9.76. The van der Waals surface area contributed by atoms with Crippen LogP contribution in [0.3, 0.4) is 0 Å². The summed E-state index contributed by atoms with van der Waals surface area (Å²) in [5, 5.41) is 0. The molecule has 0 aliphatic heterocycles. The van der Waals surface area contributed by atoms with Gasteiger partial charge in [-0.15, -0.1) is 12.4 Å². The van der Waals surface area contributed by atoms with Crippen LogP contribution in [0.5, 0.6) is 0 Å². The van der Waals surface area contributed by atoms with Gasteiger partial charge < -0.3 is 48.2 Å². The minimum Gasteiger partial charge on any atom is -1.00 e. The first kappa shape index (κ1) is 60.3. The molecule has 0 atom stereocenters. The topological polar surface area (TPSA) is 105 Å². The molecule has 0 rings (SSSR count). The van der Waals surface area contributed by atoms with Crippen molar-refractivity contribution in [2.24, 2.45) is 0 Å². The minimum atomic E-state index is -0.290. The number of likely N-dealkylation sites (N-methyl/N-ethyl adjacent to an activating group) is 2. The third kappa shape index (κ3) is 46.9. The van der Waals surface area contributed by atoms with Gasteiger partial charge in [0.15, 0.2) is 0 Å². The molecule has 0 bridgehead atoms. The Morgan fingerprint density at radius 3 is 1.05 bits per heavy atom. The van der Waals surface area contributed by atoms with E-state index in [1.54, 1.807) is 0 Å². The predicted octanol–water partition coefficient (Wildman–Crippen LogP) is 3.49. The van der Waals surface area contributed by atoms with Crippen molar-refractivity contribution >= 4 is 36.3 Å². The SMILES string of the molecule is CC(=O)OCC[N+](C)(C)CCCCCCCCCCCOC(=O)CCCCCCCCCCCCCCCCC(=O)OC[N+](C)(C)CCOC(C)=O.Cl.[Cl-].[Cl-]. The van der Waals surface area contributed by atoms with Crippen LogP contribution in [0.15, 0.2) is 0 Å². The van der Waals surface area contributed by atoms with Crippen LogP contribution in [0.2, 0.25) is 0 Å². The average molecular weight is 850 g/mol. The Morgan fingerprint density at radius 2 is 0.673 bits per heavy atom. The lowest BCUT2D eigenvalue weighted by molar-refractivity contribution is -0.907. The van der Waals surface area contributed by atoms with E-state index in [-0.39, 0.29) is 61.1 Å². The number of carbonyl (C=O) groups excluding carboxylic acids is 4. The molecule has 330 valence electrons. The third-order valence-electron chi connectivity index (χ3n) is 9.76. The highest BCUT2D eigenvalue weighted by Crippen LogP contribution is 2.15. The first-order valence-corrected chi connectivity index (χ1v) is 21.0. The van der Waals surface area contributed by atoms with Crippen LogP contribution in [0.1, 0.15) is 174 Å². The molecular formula is C42H83Cl3N2O8. The molecule has 0 saturated carbocycles. The molecule has 0 heterocycles. The highest BCUT2D eigenvalue weighted by Gasteiger charge is 2.18. The molecule has 55 heavy (non-hydrogen) atoms. The zero-order valence-corrected chi connectivity index (χ0v) is 38.3. The number of hydrogen-bond acceptors (Lipinski definition) is 8. The second-order valence-electron chi connectivity index (χ2n) is 16.2. The van der Waals surface area contributed by atoms with E-state index < -0.39 is 0 Å². The number of halogens is 3. The lowest BCUT2D eigenvalue weighted by Gasteiger charge is -2.29. The summed E-state index contributed by atoms with van der Waals surface area (Å²) in [5.41, 5.74) is 0. The summed E-state index contributed by atoms with van der Waals surface area (Å²) >= 11 is 0. The van der Waals surface area contributed by atoms with Gasteiger partial charge in [-0.2, -0.15) is 0 Å². The monoisotopic (exact) mass is 849 g/mol. The van der Waals surface area contributed by atoms with Crippen LogP contribution in [0.4, 0.5) is 0 Å². The molecule has 10 nitrogen and oxygen atoms in total. The van der Waals surface area contributed by atoms with Crippen molar-refractivity contribution in [3.8, 4) is 0 Å². The zero-order chi connectivity index (χ0) is 38.8. The van der Waals surface area contributed by atoms with Crippen LogP contribution >= 0.6 is 12.4 Å². The van der Waals surface area contributed by atoms with Gasteiger partial charge in [0.2, 0.25) is 6.73 Å². The summed E-state index contributed by atoms with van der Waals surface area (Å²) < 4.78 is 22.3. The zero-order valence-electron chi connectivity index (χ0n) is 36.0. The normalized spacial score (nSPS) is 11.1. The Morgan fingerprint density at radius 1 is 0.364 bits per heavy atom. The lowest BCUT2D eigenvalue weighted by atomic mass is 10.0. The van der Waals surface area contributed by atoms with E-state index in [2.05, 4.69) is 14.1 Å². The van der Waals surface area contributed by atoms with Gasteiger partial charge in [0.25, 0.3) is 0 Å². The van der Waals surface area contributed by atoms with E-state index in [0.717, 1.165) is 56.1 Å². The fourth-order valence-corrected chi connectivity index (χ4v) is 6.17. The van der Waals surface area contributed by atoms with E-state index in [0.29, 0.717) is 50.4 Å². The summed E-state index contributed by atoms with van der Waals surface area (Å²) in [5.74, 6) is -0.659. The van der Waals surface area contributed by atoms with Crippen LogP contribution in [-0.2, 0) is 38.1 Å². The van der Waals surface area contributed by atoms with E-state index in [1.807, 2.05) is 14.1 Å². The largest absolute Gasteiger partial charge is 1.00 e. The molecule has 0 saturated heterocycles. The molecule has 0 aromatic carbocycles. The maximum absolute atomic E-state index is 12.0. The standard InChI is InChI=1S/C42H82N2O8.3ClH/c1-39(45)49-36-33-43(3,4)32-28-24-20-16-13-17-21-25-29-35-51-41(47)30-26-22-18-14-11-9-7-8-10-12-15-19-23-27-31-42(48)52-38-44(5,6)34-37-50-40(2)46;;;/h7-38H2,1-6H3;3*1H/q+2;;;/p-2. The van der Waals surface area contributed by atoms with Crippen molar-refractivity contribution in [1.29, 1.82) is 0 Å². The fourth-order valence-electron chi connectivity index (χ4n) is 6.17. The molecule has 0 spiro atoms. The van der Waals surface area contributed by atoms with E-state index in [1.165, 1.54) is 123 Å². The molecule has 0 aliphatic carbocycles. The Hall–Kier alpha value is -1.33. The summed E-state index contributed by atoms with van der Waals surface area (Å²) in [6.45, 7) is 7.16. The molecule has 0 N–H and O–H groups in total. The first-order chi connectivity index (χ1) is 24.8. The lowest BCUT2D eigenvalue weighted by Crippen LogP contribution is -3.00. The summed E-state index contributed by atoms with van der Waals surface area (Å²) in [6.07, 6.45) is 28.7. The van der Waals surface area contributed by atoms with Gasteiger partial charge in [0.05, 0.1) is 41.3 Å². The second-order valence-corrected chi connectivity index (χ2v) is 16.2. The van der Waals surface area contributed by atoms with Crippen molar-refractivity contribution < 1.29 is 71.9 Å². The Bertz CT molecular complexity index is 925. The highest BCUT2D eigenvalue weighted by atomic mass is 35.5. The van der Waals surface area contributed by atoms with Crippen molar-refractivity contribution in [3.05, 3.63) is 0 Å². The van der Waals surface area contributed by atoms with Crippen molar-refractivity contribution in [2.45, 2.75) is 174 Å². The van der Waals surface area contributed by atoms with Crippen LogP contribution < -0.4 is 24.8 Å². The van der Waals surface area contributed by atoms with Gasteiger partial charge in [0, 0.05) is 26.7 Å². The summed E-state index contributed by atoms with van der Waals surface area (Å²) in [6, 6.07) is 0. The van der Waals surface area contributed by atoms with Crippen LogP contribution in [0.25, 0.3) is 0 Å². The van der Waals surface area contributed by atoms with Crippen molar-refractivity contribution in [2.75, 3.05) is 74.4 Å². The number of esters is 4. The number of quaternary nitrogens is 2. The van der Waals surface area contributed by atoms with Gasteiger partial charge in [-0.3, -0.25) is 23.7 Å². The van der Waals surface area contributed by atoms with Crippen LogP contribution in [0, 0.1) is 0 Å². The number of ether oxygens (including phenoxy) is 4. The van der Waals surface area contributed by atoms with Gasteiger partial charge in [-0.05, 0) is 32.1 Å². The van der Waals surface area contributed by atoms with Gasteiger partial charge in [-0.1, -0.05) is 116 Å². The number of carbonyl (C=O) groups is 4. The highest BCUT2D eigenvalue weighted by molar-refractivity contribution is 5.85. The molecular weight excluding hydrogens is 767 g/mol. The molecule has 0 fully saturated rings. The number of rotatable bonds is 37. The van der Waals surface area contributed by atoms with Crippen molar-refractivity contribution in [3.63, 3.8) is 0 Å². The number of nitrogens with zero attached hydrogens (tertiary/aromatic N) is 2. The first-order valence-electron chi connectivity index (χ1n) is 21.0. The van der Waals surface area contributed by atoms with Gasteiger partial charge in [-0.25, -0.2) is 0 Å².